The number of hydrogen-bond donors (Lipinski definition) is 1. The Kier molecular flexibility index (Phi) is 3.05. The molecule has 0 unspecified atom stereocenters. The van der Waals surface area contributed by atoms with Crippen LogP contribution in [-0.4, -0.2) is 27.4 Å². The van der Waals surface area contributed by atoms with Crippen LogP contribution in [0.25, 0.3) is 0 Å². The predicted octanol–water partition coefficient (Wildman–Crippen LogP) is 1.43. The lowest BCUT2D eigenvalue weighted by molar-refractivity contribution is 0.168. The van der Waals surface area contributed by atoms with Crippen LogP contribution in [0.4, 0.5) is 11.4 Å². The lowest BCUT2D eigenvalue weighted by Crippen LogP contribution is -2.17. The first kappa shape index (κ1) is 10.9. The Balaban J connectivity index is 2.37. The quantitative estimate of drug-likeness (QED) is 0.787. The van der Waals surface area contributed by atoms with Crippen molar-refractivity contribution in [2.45, 2.75) is 6.42 Å². The van der Waals surface area contributed by atoms with Crippen LogP contribution in [0, 0.1) is 0 Å². The highest BCUT2D eigenvalue weighted by molar-refractivity contribution is 5.72. The van der Waals surface area contributed by atoms with Crippen LogP contribution in [0.3, 0.4) is 0 Å². The molecule has 1 aliphatic rings. The van der Waals surface area contributed by atoms with Gasteiger partial charge in [-0.05, 0) is 6.42 Å². The van der Waals surface area contributed by atoms with Crippen molar-refractivity contribution >= 4 is 11.4 Å². The fraction of sp³-hybridized carbons (Fsp3) is 0.455. The fourth-order valence-electron chi connectivity index (χ4n) is 1.74. The molecular formula is C11H16N2O3. The number of rotatable bonds is 3. The van der Waals surface area contributed by atoms with Crippen molar-refractivity contribution in [2.75, 3.05) is 38.2 Å². The molecule has 1 aromatic rings. The third kappa shape index (κ3) is 1.86. The highest BCUT2D eigenvalue weighted by Crippen LogP contribution is 2.37. The molecule has 1 aliphatic heterocycles. The molecular weight excluding hydrogens is 208 g/mol. The van der Waals surface area contributed by atoms with Crippen molar-refractivity contribution in [1.82, 2.24) is 0 Å². The molecule has 0 radical (unpaired) electrons. The first-order chi connectivity index (χ1) is 7.76. The molecule has 1 aromatic carbocycles. The van der Waals surface area contributed by atoms with E-state index in [2.05, 4.69) is 0 Å². The van der Waals surface area contributed by atoms with E-state index in [0.29, 0.717) is 17.2 Å². The predicted molar refractivity (Wildman–Crippen MR) is 61.9 cm³/mol. The maximum absolute atomic E-state index is 5.94. The van der Waals surface area contributed by atoms with Crippen LogP contribution < -0.4 is 20.3 Å². The van der Waals surface area contributed by atoms with Crippen LogP contribution in [-0.2, 0) is 4.84 Å². The van der Waals surface area contributed by atoms with Crippen molar-refractivity contribution in [3.63, 3.8) is 0 Å². The van der Waals surface area contributed by atoms with E-state index in [-0.39, 0.29) is 0 Å². The zero-order chi connectivity index (χ0) is 11.5. The van der Waals surface area contributed by atoms with Crippen LogP contribution in [0.5, 0.6) is 11.5 Å². The van der Waals surface area contributed by atoms with Gasteiger partial charge in [0.25, 0.3) is 0 Å². The molecule has 1 heterocycles. The summed E-state index contributed by atoms with van der Waals surface area (Å²) in [6.07, 6.45) is 1.01. The normalized spacial score (nSPS) is 15.2. The second kappa shape index (κ2) is 4.49. The van der Waals surface area contributed by atoms with Crippen LogP contribution in [0.15, 0.2) is 12.1 Å². The first-order valence-corrected chi connectivity index (χ1v) is 5.18. The average Bonchev–Trinajstić information content (AvgIpc) is 2.82. The Morgan fingerprint density at radius 2 is 1.94 bits per heavy atom. The monoisotopic (exact) mass is 224 g/mol. The zero-order valence-electron chi connectivity index (χ0n) is 9.53. The molecule has 2 rings (SSSR count). The number of nitrogens with zero attached hydrogens (tertiary/aromatic N) is 1. The van der Waals surface area contributed by atoms with E-state index < -0.39 is 0 Å². The standard InChI is InChI=1S/C11H16N2O3/c1-14-10-6-8(12)9(7-11(10)15-2)13-4-3-5-16-13/h6-7H,3-5,12H2,1-2H3. The number of anilines is 2. The SMILES string of the molecule is COc1cc(N)c(N2CCCO2)cc1OC. The molecule has 5 heteroatoms. The number of benzene rings is 1. The van der Waals surface area contributed by atoms with Gasteiger partial charge in [0.1, 0.15) is 0 Å². The van der Waals surface area contributed by atoms with E-state index in [0.717, 1.165) is 25.3 Å². The average molecular weight is 224 g/mol. The van der Waals surface area contributed by atoms with Gasteiger partial charge >= 0.3 is 0 Å². The minimum Gasteiger partial charge on any atom is -0.493 e. The number of hydroxylamine groups is 1. The Morgan fingerprint density at radius 1 is 1.25 bits per heavy atom. The highest BCUT2D eigenvalue weighted by atomic mass is 16.7. The number of ether oxygens (including phenoxy) is 2. The zero-order valence-corrected chi connectivity index (χ0v) is 9.53. The molecule has 1 saturated heterocycles. The molecule has 0 aromatic heterocycles. The first-order valence-electron chi connectivity index (χ1n) is 5.18. The Morgan fingerprint density at radius 3 is 2.50 bits per heavy atom. The Labute approximate surface area is 94.6 Å². The summed E-state index contributed by atoms with van der Waals surface area (Å²) >= 11 is 0. The molecule has 0 aliphatic carbocycles. The molecule has 5 nitrogen and oxygen atoms in total. The van der Waals surface area contributed by atoms with E-state index in [4.69, 9.17) is 20.0 Å². The number of hydrogen-bond acceptors (Lipinski definition) is 5. The largest absolute Gasteiger partial charge is 0.493 e. The fourth-order valence-corrected chi connectivity index (χ4v) is 1.74. The van der Waals surface area contributed by atoms with E-state index in [1.54, 1.807) is 25.3 Å². The second-order valence-corrected chi connectivity index (χ2v) is 3.55. The van der Waals surface area contributed by atoms with Crippen LogP contribution in [0.2, 0.25) is 0 Å². The van der Waals surface area contributed by atoms with Crippen molar-refractivity contribution in [3.05, 3.63) is 12.1 Å². The van der Waals surface area contributed by atoms with Gasteiger partial charge < -0.3 is 15.2 Å². The molecule has 88 valence electrons. The van der Waals surface area contributed by atoms with Crippen LogP contribution >= 0.6 is 0 Å². The summed E-state index contributed by atoms with van der Waals surface area (Å²) in [4.78, 5) is 5.45. The minimum absolute atomic E-state index is 0.625. The third-order valence-corrected chi connectivity index (χ3v) is 2.55. The number of methoxy groups -OCH3 is 2. The summed E-state index contributed by atoms with van der Waals surface area (Å²) in [5.41, 5.74) is 7.40. The van der Waals surface area contributed by atoms with E-state index in [9.17, 15) is 0 Å². The van der Waals surface area contributed by atoms with Gasteiger partial charge in [0, 0.05) is 18.7 Å². The maximum atomic E-state index is 5.94. The summed E-state index contributed by atoms with van der Waals surface area (Å²) in [7, 11) is 3.19. The minimum atomic E-state index is 0.625. The van der Waals surface area contributed by atoms with Gasteiger partial charge in [0.15, 0.2) is 11.5 Å². The lowest BCUT2D eigenvalue weighted by Gasteiger charge is -2.20. The summed E-state index contributed by atoms with van der Waals surface area (Å²) in [5.74, 6) is 1.28. The van der Waals surface area contributed by atoms with Gasteiger partial charge in [-0.15, -0.1) is 0 Å². The molecule has 16 heavy (non-hydrogen) atoms. The molecule has 1 fully saturated rings. The highest BCUT2D eigenvalue weighted by Gasteiger charge is 2.18. The molecule has 0 bridgehead atoms. The molecule has 2 N–H and O–H groups in total. The van der Waals surface area contributed by atoms with Crippen LogP contribution in [0.1, 0.15) is 6.42 Å². The second-order valence-electron chi connectivity index (χ2n) is 3.55. The van der Waals surface area contributed by atoms with Gasteiger partial charge in [-0.2, -0.15) is 0 Å². The summed E-state index contributed by atoms with van der Waals surface area (Å²) in [6, 6.07) is 3.58. The van der Waals surface area contributed by atoms with Gasteiger partial charge in [0.05, 0.1) is 32.2 Å². The topological polar surface area (TPSA) is 57.0 Å². The van der Waals surface area contributed by atoms with Crippen molar-refractivity contribution in [3.8, 4) is 11.5 Å². The lowest BCUT2D eigenvalue weighted by atomic mass is 10.2. The van der Waals surface area contributed by atoms with E-state index in [1.807, 2.05) is 6.07 Å². The van der Waals surface area contributed by atoms with Crippen molar-refractivity contribution in [1.29, 1.82) is 0 Å². The molecule has 0 amide bonds. The van der Waals surface area contributed by atoms with Gasteiger partial charge in [-0.1, -0.05) is 0 Å². The smallest absolute Gasteiger partial charge is 0.163 e. The van der Waals surface area contributed by atoms with E-state index >= 15 is 0 Å². The van der Waals surface area contributed by atoms with Gasteiger partial charge in [-0.25, -0.2) is 0 Å². The molecule has 0 spiro atoms. The Hall–Kier alpha value is -1.62. The summed E-state index contributed by atoms with van der Waals surface area (Å²) in [5, 5.41) is 1.79. The molecule has 0 atom stereocenters. The maximum Gasteiger partial charge on any atom is 0.163 e. The molecule has 0 saturated carbocycles. The van der Waals surface area contributed by atoms with Crippen molar-refractivity contribution < 1.29 is 14.3 Å². The third-order valence-electron chi connectivity index (χ3n) is 2.55. The van der Waals surface area contributed by atoms with Crippen molar-refractivity contribution in [2.24, 2.45) is 0 Å². The van der Waals surface area contributed by atoms with Gasteiger partial charge in [-0.3, -0.25) is 9.90 Å². The van der Waals surface area contributed by atoms with Gasteiger partial charge in [0.2, 0.25) is 0 Å². The summed E-state index contributed by atoms with van der Waals surface area (Å²) in [6.45, 7) is 1.58. The number of nitrogen functional groups attached to an aromatic ring is 1. The number of nitrogens with two attached hydrogens (primary N) is 1. The van der Waals surface area contributed by atoms with E-state index in [1.165, 1.54) is 0 Å². The Bertz CT molecular complexity index is 376. The summed E-state index contributed by atoms with van der Waals surface area (Å²) < 4.78 is 10.4.